The van der Waals surface area contributed by atoms with E-state index in [9.17, 15) is 4.79 Å². The van der Waals surface area contributed by atoms with Gasteiger partial charge in [0.2, 0.25) is 5.91 Å². The van der Waals surface area contributed by atoms with Gasteiger partial charge in [-0.25, -0.2) is 0 Å². The van der Waals surface area contributed by atoms with Crippen LogP contribution in [0.4, 0.5) is 5.69 Å². The van der Waals surface area contributed by atoms with Gasteiger partial charge in [-0.1, -0.05) is 12.2 Å². The van der Waals surface area contributed by atoms with Crippen LogP contribution in [0.15, 0.2) is 24.3 Å². The molecular weight excluding hydrogens is 290 g/mol. The zero-order valence-electron chi connectivity index (χ0n) is 11.3. The van der Waals surface area contributed by atoms with Crippen LogP contribution < -0.4 is 11.1 Å². The second-order valence-corrected chi connectivity index (χ2v) is 6.36. The fourth-order valence-electron chi connectivity index (χ4n) is 2.03. The number of hydrogen-bond donors (Lipinski definition) is 2. The predicted octanol–water partition coefficient (Wildman–Crippen LogP) is 1.70. The van der Waals surface area contributed by atoms with Crippen molar-refractivity contribution in [1.29, 1.82) is 0 Å². The Morgan fingerprint density at radius 2 is 1.95 bits per heavy atom. The van der Waals surface area contributed by atoms with Crippen LogP contribution in [0.1, 0.15) is 12.0 Å². The van der Waals surface area contributed by atoms with Crippen molar-refractivity contribution in [1.82, 2.24) is 4.90 Å². The molecule has 2 rings (SSSR count). The molecule has 1 amide bonds. The summed E-state index contributed by atoms with van der Waals surface area (Å²) in [5, 5.41) is 2.89. The van der Waals surface area contributed by atoms with Gasteiger partial charge in [-0.05, 0) is 24.3 Å². The average molecular weight is 309 g/mol. The number of carbonyl (C=O) groups is 1. The molecule has 0 aliphatic carbocycles. The lowest BCUT2D eigenvalue weighted by Crippen LogP contribution is -2.34. The van der Waals surface area contributed by atoms with Crippen LogP contribution in [0.3, 0.4) is 0 Å². The van der Waals surface area contributed by atoms with E-state index in [1.807, 2.05) is 36.0 Å². The highest BCUT2D eigenvalue weighted by atomic mass is 32.2. The van der Waals surface area contributed by atoms with Crippen LogP contribution >= 0.6 is 24.0 Å². The molecule has 0 radical (unpaired) electrons. The zero-order valence-corrected chi connectivity index (χ0v) is 12.9. The first-order valence-corrected chi connectivity index (χ1v) is 8.21. The molecule has 108 valence electrons. The lowest BCUT2D eigenvalue weighted by atomic mass is 10.2. The van der Waals surface area contributed by atoms with Crippen LogP contribution in [-0.2, 0) is 4.79 Å². The van der Waals surface area contributed by atoms with Crippen LogP contribution in [0.2, 0.25) is 0 Å². The number of thiocarbonyl (C=S) groups is 1. The summed E-state index contributed by atoms with van der Waals surface area (Å²) >= 11 is 6.87. The third-order valence-electron chi connectivity index (χ3n) is 3.21. The highest BCUT2D eigenvalue weighted by Gasteiger charge is 2.12. The van der Waals surface area contributed by atoms with Gasteiger partial charge < -0.3 is 16.0 Å². The number of amides is 1. The van der Waals surface area contributed by atoms with Crippen LogP contribution in [0.25, 0.3) is 0 Å². The summed E-state index contributed by atoms with van der Waals surface area (Å²) in [6.07, 6.45) is 0.529. The van der Waals surface area contributed by atoms with Crippen molar-refractivity contribution in [2.75, 3.05) is 36.5 Å². The first-order valence-electron chi connectivity index (χ1n) is 6.65. The Kier molecular flexibility index (Phi) is 5.82. The molecule has 1 heterocycles. The maximum atomic E-state index is 11.9. The SMILES string of the molecule is NC(=S)c1ccc(NC(=O)CCN2CCSCC2)cc1. The number of nitrogens with zero attached hydrogens (tertiary/aromatic N) is 1. The Bertz CT molecular complexity index is 470. The molecule has 3 N–H and O–H groups in total. The van der Waals surface area contributed by atoms with Crippen molar-refractivity contribution >= 4 is 40.6 Å². The Balaban J connectivity index is 1.77. The molecule has 1 saturated heterocycles. The second-order valence-electron chi connectivity index (χ2n) is 4.69. The highest BCUT2D eigenvalue weighted by Crippen LogP contribution is 2.11. The number of rotatable bonds is 5. The number of anilines is 1. The summed E-state index contributed by atoms with van der Waals surface area (Å²) in [6, 6.07) is 7.29. The molecule has 0 aromatic heterocycles. The zero-order chi connectivity index (χ0) is 14.4. The monoisotopic (exact) mass is 309 g/mol. The van der Waals surface area contributed by atoms with Crippen LogP contribution in [0, 0.1) is 0 Å². The Morgan fingerprint density at radius 3 is 2.55 bits per heavy atom. The third-order valence-corrected chi connectivity index (χ3v) is 4.39. The van der Waals surface area contributed by atoms with Crippen molar-refractivity contribution in [3.05, 3.63) is 29.8 Å². The summed E-state index contributed by atoms with van der Waals surface area (Å²) < 4.78 is 0. The smallest absolute Gasteiger partial charge is 0.225 e. The first-order chi connectivity index (χ1) is 9.65. The van der Waals surface area contributed by atoms with Crippen LogP contribution in [0.5, 0.6) is 0 Å². The Labute approximate surface area is 129 Å². The number of benzene rings is 1. The van der Waals surface area contributed by atoms with E-state index in [0.717, 1.165) is 30.9 Å². The number of hydrogen-bond acceptors (Lipinski definition) is 4. The van der Waals surface area contributed by atoms with E-state index in [0.29, 0.717) is 11.4 Å². The molecule has 1 aromatic carbocycles. The van der Waals surface area contributed by atoms with Crippen molar-refractivity contribution < 1.29 is 4.79 Å². The Hall–Kier alpha value is -1.11. The minimum absolute atomic E-state index is 0.0475. The molecule has 4 nitrogen and oxygen atoms in total. The molecule has 6 heteroatoms. The van der Waals surface area contributed by atoms with Gasteiger partial charge >= 0.3 is 0 Å². The topological polar surface area (TPSA) is 58.4 Å². The summed E-state index contributed by atoms with van der Waals surface area (Å²) in [6.45, 7) is 3.00. The molecule has 0 bridgehead atoms. The van der Waals surface area contributed by atoms with Crippen molar-refractivity contribution in [2.45, 2.75) is 6.42 Å². The minimum atomic E-state index is 0.0475. The van der Waals surface area contributed by atoms with Gasteiger partial charge in [-0.15, -0.1) is 0 Å². The van der Waals surface area contributed by atoms with E-state index >= 15 is 0 Å². The molecular formula is C14H19N3OS2. The van der Waals surface area contributed by atoms with Gasteiger partial charge in [0.15, 0.2) is 0 Å². The molecule has 1 aliphatic heterocycles. The van der Waals surface area contributed by atoms with Gasteiger partial charge in [-0.2, -0.15) is 11.8 Å². The molecule has 1 aromatic rings. The van der Waals surface area contributed by atoms with Crippen molar-refractivity contribution in [3.8, 4) is 0 Å². The number of thioether (sulfide) groups is 1. The van der Waals surface area contributed by atoms with Gasteiger partial charge in [0.25, 0.3) is 0 Å². The fourth-order valence-corrected chi connectivity index (χ4v) is 3.14. The fraction of sp³-hybridized carbons (Fsp3) is 0.429. The number of nitrogens with one attached hydrogen (secondary N) is 1. The lowest BCUT2D eigenvalue weighted by Gasteiger charge is -2.25. The largest absolute Gasteiger partial charge is 0.389 e. The van der Waals surface area contributed by atoms with E-state index in [1.54, 1.807) is 0 Å². The average Bonchev–Trinajstić information content (AvgIpc) is 2.47. The van der Waals surface area contributed by atoms with Crippen molar-refractivity contribution in [2.24, 2.45) is 5.73 Å². The second kappa shape index (κ2) is 7.61. The van der Waals surface area contributed by atoms with Gasteiger partial charge in [0.05, 0.1) is 0 Å². The molecule has 20 heavy (non-hydrogen) atoms. The maximum Gasteiger partial charge on any atom is 0.225 e. The van der Waals surface area contributed by atoms with Gasteiger partial charge in [-0.3, -0.25) is 4.79 Å². The van der Waals surface area contributed by atoms with E-state index in [1.165, 1.54) is 11.5 Å². The van der Waals surface area contributed by atoms with Gasteiger partial charge in [0.1, 0.15) is 4.99 Å². The molecule has 0 spiro atoms. The highest BCUT2D eigenvalue weighted by molar-refractivity contribution is 7.99. The third kappa shape index (κ3) is 4.77. The van der Waals surface area contributed by atoms with Gasteiger partial charge in [0, 0.05) is 48.8 Å². The molecule has 1 fully saturated rings. The molecule has 0 atom stereocenters. The lowest BCUT2D eigenvalue weighted by molar-refractivity contribution is -0.116. The van der Waals surface area contributed by atoms with Crippen molar-refractivity contribution in [3.63, 3.8) is 0 Å². The van der Waals surface area contributed by atoms with E-state index in [4.69, 9.17) is 18.0 Å². The normalized spacial score (nSPS) is 15.8. The molecule has 0 saturated carbocycles. The molecule has 1 aliphatic rings. The molecule has 0 unspecified atom stereocenters. The van der Waals surface area contributed by atoms with E-state index < -0.39 is 0 Å². The summed E-state index contributed by atoms with van der Waals surface area (Å²) in [5.41, 5.74) is 7.12. The first kappa shape index (κ1) is 15.3. The van der Waals surface area contributed by atoms with E-state index in [2.05, 4.69) is 10.2 Å². The summed E-state index contributed by atoms with van der Waals surface area (Å²) in [7, 11) is 0. The standard InChI is InChI=1S/C14H19N3OS2/c15-14(19)11-1-3-12(4-2-11)16-13(18)5-6-17-7-9-20-10-8-17/h1-4H,5-10H2,(H2,15,19)(H,16,18). The van der Waals surface area contributed by atoms with E-state index in [-0.39, 0.29) is 5.91 Å². The summed E-state index contributed by atoms with van der Waals surface area (Å²) in [5.74, 6) is 2.38. The maximum absolute atomic E-state index is 11.9. The quantitative estimate of drug-likeness (QED) is 0.811. The van der Waals surface area contributed by atoms with Crippen LogP contribution in [-0.4, -0.2) is 46.9 Å². The Morgan fingerprint density at radius 1 is 1.30 bits per heavy atom. The number of nitrogens with two attached hydrogens (primary N) is 1. The summed E-state index contributed by atoms with van der Waals surface area (Å²) in [4.78, 5) is 14.6. The minimum Gasteiger partial charge on any atom is -0.389 e. The number of carbonyl (C=O) groups excluding carboxylic acids is 1. The predicted molar refractivity (Wildman–Crippen MR) is 89.3 cm³/mol.